The van der Waals surface area contributed by atoms with Crippen molar-refractivity contribution in [2.24, 2.45) is 0 Å². The van der Waals surface area contributed by atoms with Gasteiger partial charge in [-0.3, -0.25) is 4.79 Å². The highest BCUT2D eigenvalue weighted by Gasteiger charge is 2.20. The van der Waals surface area contributed by atoms with E-state index in [1.54, 1.807) is 31.4 Å². The Morgan fingerprint density at radius 1 is 1.22 bits per heavy atom. The minimum absolute atomic E-state index is 0.261. The maximum atomic E-state index is 12.4. The molecule has 1 aromatic heterocycles. The van der Waals surface area contributed by atoms with Crippen LogP contribution in [0.5, 0.6) is 5.75 Å². The zero-order chi connectivity index (χ0) is 19.4. The molecule has 0 fully saturated rings. The van der Waals surface area contributed by atoms with Crippen molar-refractivity contribution in [1.29, 1.82) is 0 Å². The van der Waals surface area contributed by atoms with Gasteiger partial charge in [0.1, 0.15) is 10.6 Å². The highest BCUT2D eigenvalue weighted by Crippen LogP contribution is 2.37. The molecular formula is C19H16ClNO4S2. The first-order valence-electron chi connectivity index (χ1n) is 7.89. The third-order valence-corrected chi connectivity index (χ3v) is 6.17. The molecule has 0 atom stereocenters. The van der Waals surface area contributed by atoms with Crippen LogP contribution in [0.25, 0.3) is 10.1 Å². The number of fused-ring (bicyclic) bond motifs is 1. The van der Waals surface area contributed by atoms with Gasteiger partial charge in [0.15, 0.2) is 6.61 Å². The number of hydrogen-bond donors (Lipinski definition) is 1. The fraction of sp³-hybridized carbons (Fsp3) is 0.158. The molecule has 1 N–H and O–H groups in total. The van der Waals surface area contributed by atoms with Crippen LogP contribution in [0.3, 0.4) is 0 Å². The molecule has 3 aromatic rings. The Hall–Kier alpha value is -2.22. The Bertz CT molecular complexity index is 1000. The van der Waals surface area contributed by atoms with E-state index in [1.807, 2.05) is 24.5 Å². The molecular weight excluding hydrogens is 406 g/mol. The fourth-order valence-electron chi connectivity index (χ4n) is 2.43. The van der Waals surface area contributed by atoms with Gasteiger partial charge in [-0.1, -0.05) is 23.7 Å². The summed E-state index contributed by atoms with van der Waals surface area (Å²) in [7, 11) is 1.57. The van der Waals surface area contributed by atoms with E-state index in [-0.39, 0.29) is 4.88 Å². The predicted octanol–water partition coefficient (Wildman–Crippen LogP) is 5.08. The Balaban J connectivity index is 1.68. The lowest BCUT2D eigenvalue weighted by atomic mass is 10.2. The van der Waals surface area contributed by atoms with E-state index in [0.29, 0.717) is 16.5 Å². The molecule has 0 radical (unpaired) electrons. The Labute approximate surface area is 169 Å². The van der Waals surface area contributed by atoms with Gasteiger partial charge >= 0.3 is 5.97 Å². The van der Waals surface area contributed by atoms with Gasteiger partial charge in [-0.05, 0) is 36.6 Å². The molecule has 0 unspecified atom stereocenters. The molecule has 0 bridgehead atoms. The normalized spacial score (nSPS) is 10.6. The summed E-state index contributed by atoms with van der Waals surface area (Å²) < 4.78 is 11.1. The number of halogens is 1. The highest BCUT2D eigenvalue weighted by atomic mass is 35.5. The van der Waals surface area contributed by atoms with E-state index < -0.39 is 18.5 Å². The van der Waals surface area contributed by atoms with Crippen LogP contribution in [0.2, 0.25) is 5.02 Å². The summed E-state index contributed by atoms with van der Waals surface area (Å²) in [6.07, 6.45) is 1.92. The zero-order valence-corrected chi connectivity index (χ0v) is 17.0. The SMILES string of the molecule is COc1ccc2c(Cl)c(C(=O)OCC(=O)Nc3ccccc3SC)sc2c1. The molecule has 0 saturated heterocycles. The van der Waals surface area contributed by atoms with Gasteiger partial charge in [0.25, 0.3) is 5.91 Å². The number of anilines is 1. The smallest absolute Gasteiger partial charge is 0.350 e. The molecule has 0 saturated carbocycles. The summed E-state index contributed by atoms with van der Waals surface area (Å²) in [5, 5.41) is 3.80. The number of carbonyl (C=O) groups is 2. The van der Waals surface area contributed by atoms with Crippen molar-refractivity contribution in [3.63, 3.8) is 0 Å². The van der Waals surface area contributed by atoms with Crippen LogP contribution >= 0.6 is 34.7 Å². The molecule has 2 aromatic carbocycles. The molecule has 1 amide bonds. The van der Waals surface area contributed by atoms with Gasteiger partial charge in [0.2, 0.25) is 0 Å². The van der Waals surface area contributed by atoms with Gasteiger partial charge < -0.3 is 14.8 Å². The first-order valence-corrected chi connectivity index (χ1v) is 10.3. The van der Waals surface area contributed by atoms with E-state index in [4.69, 9.17) is 21.1 Å². The second-order valence-electron chi connectivity index (χ2n) is 5.43. The summed E-state index contributed by atoms with van der Waals surface area (Å²) in [4.78, 5) is 25.7. The highest BCUT2D eigenvalue weighted by molar-refractivity contribution is 7.98. The van der Waals surface area contributed by atoms with Gasteiger partial charge in [-0.2, -0.15) is 0 Å². The number of thioether (sulfide) groups is 1. The molecule has 140 valence electrons. The number of thiophene rings is 1. The maximum Gasteiger partial charge on any atom is 0.350 e. The molecule has 0 aliphatic carbocycles. The van der Waals surface area contributed by atoms with Crippen LogP contribution in [0, 0.1) is 0 Å². The Kier molecular flexibility index (Phi) is 6.26. The number of rotatable bonds is 6. The molecule has 1 heterocycles. The van der Waals surface area contributed by atoms with Crippen LogP contribution < -0.4 is 10.1 Å². The number of nitrogens with one attached hydrogen (secondary N) is 1. The minimum atomic E-state index is -0.631. The van der Waals surface area contributed by atoms with Crippen molar-refractivity contribution in [1.82, 2.24) is 0 Å². The van der Waals surface area contributed by atoms with Gasteiger partial charge in [0, 0.05) is 15.0 Å². The Morgan fingerprint density at radius 2 is 2.00 bits per heavy atom. The molecule has 0 aliphatic heterocycles. The zero-order valence-electron chi connectivity index (χ0n) is 14.6. The summed E-state index contributed by atoms with van der Waals surface area (Å²) in [5.41, 5.74) is 0.679. The quantitative estimate of drug-likeness (QED) is 0.444. The number of benzene rings is 2. The largest absolute Gasteiger partial charge is 0.497 e. The van der Waals surface area contributed by atoms with Crippen molar-refractivity contribution >= 4 is 62.3 Å². The number of carbonyl (C=O) groups excluding carboxylic acids is 2. The molecule has 8 heteroatoms. The van der Waals surface area contributed by atoms with E-state index in [1.165, 1.54) is 23.1 Å². The van der Waals surface area contributed by atoms with Crippen molar-refractivity contribution in [2.75, 3.05) is 25.3 Å². The molecule has 0 spiro atoms. The average Bonchev–Trinajstić information content (AvgIpc) is 3.02. The summed E-state index contributed by atoms with van der Waals surface area (Å²) in [6, 6.07) is 12.8. The average molecular weight is 422 g/mol. The van der Waals surface area contributed by atoms with Crippen LogP contribution in [0.15, 0.2) is 47.4 Å². The molecule has 0 aliphatic rings. The number of para-hydroxylation sites is 1. The standard InChI is InChI=1S/C19H16ClNO4S2/c1-24-11-7-8-12-15(9-11)27-18(17(12)20)19(23)25-10-16(22)21-13-5-3-4-6-14(13)26-2/h3-9H,10H2,1-2H3,(H,21,22). The van der Waals surface area contributed by atoms with Gasteiger partial charge in [-0.15, -0.1) is 23.1 Å². The minimum Gasteiger partial charge on any atom is -0.497 e. The molecule has 27 heavy (non-hydrogen) atoms. The Morgan fingerprint density at radius 3 is 2.74 bits per heavy atom. The van der Waals surface area contributed by atoms with Gasteiger partial charge in [0.05, 0.1) is 17.8 Å². The van der Waals surface area contributed by atoms with Crippen molar-refractivity contribution < 1.29 is 19.1 Å². The van der Waals surface area contributed by atoms with E-state index in [0.717, 1.165) is 15.0 Å². The predicted molar refractivity (Wildman–Crippen MR) is 111 cm³/mol. The monoisotopic (exact) mass is 421 g/mol. The van der Waals surface area contributed by atoms with Crippen molar-refractivity contribution in [3.8, 4) is 5.75 Å². The third-order valence-electron chi connectivity index (χ3n) is 3.74. The number of methoxy groups -OCH3 is 1. The first-order chi connectivity index (χ1) is 13.0. The lowest BCUT2D eigenvalue weighted by Gasteiger charge is -2.09. The molecule has 5 nitrogen and oxygen atoms in total. The second kappa shape index (κ2) is 8.65. The summed E-state index contributed by atoms with van der Waals surface area (Å²) >= 11 is 9.02. The lowest BCUT2D eigenvalue weighted by Crippen LogP contribution is -2.21. The summed E-state index contributed by atoms with van der Waals surface area (Å²) in [5.74, 6) is -0.371. The van der Waals surface area contributed by atoms with Gasteiger partial charge in [-0.25, -0.2) is 4.79 Å². The number of hydrogen-bond acceptors (Lipinski definition) is 6. The first kappa shape index (κ1) is 19.5. The van der Waals surface area contributed by atoms with Crippen molar-refractivity contribution in [2.45, 2.75) is 4.90 Å². The maximum absolute atomic E-state index is 12.4. The van der Waals surface area contributed by atoms with E-state index in [2.05, 4.69) is 5.32 Å². The lowest BCUT2D eigenvalue weighted by molar-refractivity contribution is -0.119. The topological polar surface area (TPSA) is 64.6 Å². The van der Waals surface area contributed by atoms with E-state index in [9.17, 15) is 9.59 Å². The van der Waals surface area contributed by atoms with Crippen molar-refractivity contribution in [3.05, 3.63) is 52.4 Å². The fourth-order valence-corrected chi connectivity index (χ4v) is 4.42. The molecule has 3 rings (SSSR count). The van der Waals surface area contributed by atoms with Crippen LogP contribution in [0.4, 0.5) is 5.69 Å². The second-order valence-corrected chi connectivity index (χ2v) is 7.71. The van der Waals surface area contributed by atoms with Crippen LogP contribution in [-0.4, -0.2) is 31.8 Å². The third kappa shape index (κ3) is 4.37. The number of amides is 1. The van der Waals surface area contributed by atoms with Crippen LogP contribution in [0.1, 0.15) is 9.67 Å². The van der Waals surface area contributed by atoms with E-state index >= 15 is 0 Å². The number of esters is 1. The van der Waals surface area contributed by atoms with Crippen LogP contribution in [-0.2, 0) is 9.53 Å². The number of ether oxygens (including phenoxy) is 2. The summed E-state index contributed by atoms with van der Waals surface area (Å²) in [6.45, 7) is -0.393.